The number of nitrogens with one attached hydrogen (secondary N) is 2. The summed E-state index contributed by atoms with van der Waals surface area (Å²) in [6.45, 7) is 4.06. The average Bonchev–Trinajstić information content (AvgIpc) is 3.23. The largest absolute Gasteiger partial charge is 0.331 e. The monoisotopic (exact) mass is 495 g/mol. The zero-order valence-corrected chi connectivity index (χ0v) is 20.3. The molecule has 1 aromatic heterocycles. The first-order chi connectivity index (χ1) is 16.4. The van der Waals surface area contributed by atoms with E-state index in [1.807, 2.05) is 60.9 Å². The van der Waals surface area contributed by atoms with E-state index >= 15 is 0 Å². The lowest BCUT2D eigenvalue weighted by Crippen LogP contribution is -2.29. The fourth-order valence-corrected chi connectivity index (χ4v) is 4.43. The van der Waals surface area contributed by atoms with Crippen molar-refractivity contribution < 1.29 is 9.18 Å². The first-order valence-electron chi connectivity index (χ1n) is 10.6. The summed E-state index contributed by atoms with van der Waals surface area (Å²) in [5.74, 6) is 0.870. The fraction of sp³-hybridized carbons (Fsp3) is 0.160. The summed E-state index contributed by atoms with van der Waals surface area (Å²) in [5.41, 5.74) is 4.48. The number of benzene rings is 3. The van der Waals surface area contributed by atoms with E-state index in [-0.39, 0.29) is 18.4 Å². The molecule has 0 saturated heterocycles. The molecule has 0 spiro atoms. The van der Waals surface area contributed by atoms with Crippen LogP contribution in [0.3, 0.4) is 0 Å². The second-order valence-electron chi connectivity index (χ2n) is 7.70. The van der Waals surface area contributed by atoms with Gasteiger partial charge in [-0.25, -0.2) is 9.18 Å². The van der Waals surface area contributed by atoms with E-state index < -0.39 is 0 Å². The van der Waals surface area contributed by atoms with Crippen LogP contribution in [0.2, 0.25) is 5.02 Å². The van der Waals surface area contributed by atoms with Crippen LogP contribution >= 0.6 is 23.4 Å². The molecule has 0 aliphatic carbocycles. The molecular formula is C25H23ClFN5OS. The Morgan fingerprint density at radius 1 is 1.03 bits per heavy atom. The van der Waals surface area contributed by atoms with Crippen LogP contribution < -0.4 is 10.6 Å². The van der Waals surface area contributed by atoms with Crippen molar-refractivity contribution in [3.63, 3.8) is 0 Å². The number of carbonyl (C=O) groups is 1. The number of aromatic nitrogens is 3. The average molecular weight is 496 g/mol. The standard InChI is InChI=1S/C25H23ClFN5OS/c1-16-5-3-4-6-21(16)29-24(33)28-14-23-30-31-25(34-15-18-8-11-20(27)12-9-18)32(23)22-13-19(26)10-7-17(22)2/h3-13H,14-15H2,1-2H3,(H2,28,29,33). The highest BCUT2D eigenvalue weighted by molar-refractivity contribution is 7.98. The molecule has 6 nitrogen and oxygen atoms in total. The summed E-state index contributed by atoms with van der Waals surface area (Å²) in [5, 5.41) is 15.6. The van der Waals surface area contributed by atoms with Gasteiger partial charge in [0.1, 0.15) is 5.82 Å². The van der Waals surface area contributed by atoms with E-state index in [9.17, 15) is 9.18 Å². The van der Waals surface area contributed by atoms with Crippen molar-refractivity contribution in [1.82, 2.24) is 20.1 Å². The first-order valence-corrected chi connectivity index (χ1v) is 12.0. The molecule has 3 aromatic carbocycles. The molecule has 9 heteroatoms. The topological polar surface area (TPSA) is 71.8 Å². The van der Waals surface area contributed by atoms with Gasteiger partial charge < -0.3 is 10.6 Å². The van der Waals surface area contributed by atoms with Crippen LogP contribution in [-0.4, -0.2) is 20.8 Å². The van der Waals surface area contributed by atoms with Gasteiger partial charge in [-0.05, 0) is 60.9 Å². The van der Waals surface area contributed by atoms with Gasteiger partial charge in [-0.1, -0.05) is 59.8 Å². The van der Waals surface area contributed by atoms with Crippen molar-refractivity contribution in [1.29, 1.82) is 0 Å². The van der Waals surface area contributed by atoms with E-state index in [0.29, 0.717) is 21.8 Å². The molecule has 1 heterocycles. The first kappa shape index (κ1) is 23.8. The van der Waals surface area contributed by atoms with Gasteiger partial charge in [0.05, 0.1) is 12.2 Å². The Hall–Kier alpha value is -3.36. The van der Waals surface area contributed by atoms with E-state index in [2.05, 4.69) is 20.8 Å². The van der Waals surface area contributed by atoms with E-state index in [1.54, 1.807) is 12.1 Å². The number of hydrogen-bond acceptors (Lipinski definition) is 4. The molecular weight excluding hydrogens is 473 g/mol. The van der Waals surface area contributed by atoms with Crippen molar-refractivity contribution >= 4 is 35.1 Å². The SMILES string of the molecule is Cc1ccccc1NC(=O)NCc1nnc(SCc2ccc(F)cc2)n1-c1cc(Cl)ccc1C. The summed E-state index contributed by atoms with van der Waals surface area (Å²) in [7, 11) is 0. The molecule has 4 aromatic rings. The number of carbonyl (C=O) groups excluding carboxylic acids is 1. The molecule has 34 heavy (non-hydrogen) atoms. The van der Waals surface area contributed by atoms with Crippen LogP contribution in [0.15, 0.2) is 71.9 Å². The number of anilines is 1. The number of halogens is 2. The molecule has 0 radical (unpaired) electrons. The Morgan fingerprint density at radius 3 is 2.56 bits per heavy atom. The van der Waals surface area contributed by atoms with Crippen molar-refractivity contribution in [3.8, 4) is 5.69 Å². The van der Waals surface area contributed by atoms with E-state index in [0.717, 1.165) is 28.1 Å². The Labute approximate surface area is 206 Å². The molecule has 174 valence electrons. The van der Waals surface area contributed by atoms with Crippen molar-refractivity contribution in [2.45, 2.75) is 31.3 Å². The summed E-state index contributed by atoms with van der Waals surface area (Å²) >= 11 is 7.75. The normalized spacial score (nSPS) is 10.8. The summed E-state index contributed by atoms with van der Waals surface area (Å²) < 4.78 is 15.1. The molecule has 0 saturated carbocycles. The molecule has 0 fully saturated rings. The van der Waals surface area contributed by atoms with Crippen molar-refractivity contribution in [3.05, 3.63) is 100 Å². The molecule has 0 bridgehead atoms. The third kappa shape index (κ3) is 5.76. The van der Waals surface area contributed by atoms with Crippen LogP contribution in [0, 0.1) is 19.7 Å². The quantitative estimate of drug-likeness (QED) is 0.295. The van der Waals surface area contributed by atoms with Crippen LogP contribution in [0.1, 0.15) is 22.5 Å². The van der Waals surface area contributed by atoms with Crippen LogP contribution in [0.25, 0.3) is 5.69 Å². The van der Waals surface area contributed by atoms with Crippen molar-refractivity contribution in [2.24, 2.45) is 0 Å². The van der Waals surface area contributed by atoms with Gasteiger partial charge in [0.2, 0.25) is 0 Å². The maximum atomic E-state index is 13.2. The molecule has 4 rings (SSSR count). The predicted molar refractivity (Wildman–Crippen MR) is 134 cm³/mol. The molecule has 0 aliphatic rings. The van der Waals surface area contributed by atoms with Crippen molar-refractivity contribution in [2.75, 3.05) is 5.32 Å². The maximum absolute atomic E-state index is 13.2. The Bertz CT molecular complexity index is 1310. The third-order valence-electron chi connectivity index (χ3n) is 5.19. The molecule has 0 unspecified atom stereocenters. The highest BCUT2D eigenvalue weighted by atomic mass is 35.5. The third-order valence-corrected chi connectivity index (χ3v) is 6.43. The minimum atomic E-state index is -0.341. The molecule has 2 N–H and O–H groups in total. The lowest BCUT2D eigenvalue weighted by molar-refractivity contribution is 0.251. The Kier molecular flexibility index (Phi) is 7.49. The molecule has 0 aliphatic heterocycles. The van der Waals surface area contributed by atoms with Gasteiger partial charge in [-0.3, -0.25) is 4.57 Å². The smallest absolute Gasteiger partial charge is 0.319 e. The van der Waals surface area contributed by atoms with Gasteiger partial charge in [0, 0.05) is 16.5 Å². The highest BCUT2D eigenvalue weighted by Gasteiger charge is 2.17. The second kappa shape index (κ2) is 10.7. The number of nitrogens with zero attached hydrogens (tertiary/aromatic N) is 3. The minimum Gasteiger partial charge on any atom is -0.331 e. The van der Waals surface area contributed by atoms with Crippen LogP contribution in [0.4, 0.5) is 14.9 Å². The summed E-state index contributed by atoms with van der Waals surface area (Å²) in [6, 6.07) is 19.2. The predicted octanol–water partition coefficient (Wildman–Crippen LogP) is 6.29. The molecule has 0 atom stereocenters. The minimum absolute atomic E-state index is 0.160. The van der Waals surface area contributed by atoms with Gasteiger partial charge in [0.25, 0.3) is 0 Å². The Balaban J connectivity index is 1.56. The van der Waals surface area contributed by atoms with Gasteiger partial charge in [-0.15, -0.1) is 10.2 Å². The van der Waals surface area contributed by atoms with E-state index in [4.69, 9.17) is 11.6 Å². The number of thioether (sulfide) groups is 1. The van der Waals surface area contributed by atoms with Crippen LogP contribution in [-0.2, 0) is 12.3 Å². The van der Waals surface area contributed by atoms with Gasteiger partial charge in [0.15, 0.2) is 11.0 Å². The number of urea groups is 1. The number of aryl methyl sites for hydroxylation is 2. The van der Waals surface area contributed by atoms with Gasteiger partial charge >= 0.3 is 6.03 Å². The second-order valence-corrected chi connectivity index (χ2v) is 9.08. The van der Waals surface area contributed by atoms with Gasteiger partial charge in [-0.2, -0.15) is 0 Å². The van der Waals surface area contributed by atoms with Crippen LogP contribution in [0.5, 0.6) is 0 Å². The lowest BCUT2D eigenvalue weighted by atomic mass is 10.2. The fourth-order valence-electron chi connectivity index (χ4n) is 3.34. The molecule has 2 amide bonds. The zero-order chi connectivity index (χ0) is 24.1. The summed E-state index contributed by atoms with van der Waals surface area (Å²) in [4.78, 5) is 12.5. The zero-order valence-electron chi connectivity index (χ0n) is 18.7. The number of amides is 2. The lowest BCUT2D eigenvalue weighted by Gasteiger charge is -2.14. The maximum Gasteiger partial charge on any atom is 0.319 e. The number of para-hydroxylation sites is 1. The van der Waals surface area contributed by atoms with E-state index in [1.165, 1.54) is 23.9 Å². The highest BCUT2D eigenvalue weighted by Crippen LogP contribution is 2.28. The Morgan fingerprint density at radius 2 is 1.79 bits per heavy atom. The summed E-state index contributed by atoms with van der Waals surface area (Å²) in [6.07, 6.45) is 0. The number of rotatable bonds is 7. The number of hydrogen-bond donors (Lipinski definition) is 2.